The molecule has 6 nitrogen and oxygen atoms in total. The van der Waals surface area contributed by atoms with Gasteiger partial charge in [0.2, 0.25) is 0 Å². The van der Waals surface area contributed by atoms with E-state index >= 15 is 0 Å². The maximum Gasteiger partial charge on any atom is 0.191 e. The number of aromatic nitrogens is 5. The fourth-order valence-corrected chi connectivity index (χ4v) is 3.18. The summed E-state index contributed by atoms with van der Waals surface area (Å²) in [5.74, 6) is 2.72. The van der Waals surface area contributed by atoms with Crippen molar-refractivity contribution in [1.29, 1.82) is 0 Å². The molecule has 0 bridgehead atoms. The van der Waals surface area contributed by atoms with Gasteiger partial charge in [-0.15, -0.1) is 10.2 Å². The minimum atomic E-state index is 0.848. The Kier molecular flexibility index (Phi) is 4.33. The van der Waals surface area contributed by atoms with Gasteiger partial charge in [0.1, 0.15) is 5.76 Å². The van der Waals surface area contributed by atoms with E-state index < -0.39 is 0 Å². The van der Waals surface area contributed by atoms with Crippen LogP contribution in [-0.4, -0.2) is 30.3 Å². The van der Waals surface area contributed by atoms with Crippen LogP contribution >= 0.6 is 11.8 Å². The van der Waals surface area contributed by atoms with Crippen LogP contribution in [-0.2, 0) is 20.5 Å². The van der Waals surface area contributed by atoms with Gasteiger partial charge in [-0.2, -0.15) is 5.10 Å². The molecule has 7 heteroatoms. The number of thioether (sulfide) groups is 1. The molecule has 0 amide bonds. The van der Waals surface area contributed by atoms with E-state index in [1.807, 2.05) is 42.5 Å². The summed E-state index contributed by atoms with van der Waals surface area (Å²) in [6.45, 7) is 1.94. The van der Waals surface area contributed by atoms with E-state index in [0.717, 1.165) is 40.9 Å². The van der Waals surface area contributed by atoms with Gasteiger partial charge in [-0.3, -0.25) is 4.68 Å². The van der Waals surface area contributed by atoms with E-state index in [0.29, 0.717) is 0 Å². The molecule has 0 aliphatic rings. The molecule has 0 radical (unpaired) electrons. The highest BCUT2D eigenvalue weighted by Crippen LogP contribution is 2.26. The highest BCUT2D eigenvalue weighted by molar-refractivity contribution is 7.99. The van der Waals surface area contributed by atoms with Crippen LogP contribution in [0.4, 0.5) is 0 Å². The first-order valence-corrected chi connectivity index (χ1v) is 8.18. The number of rotatable bonds is 6. The molecule has 0 fully saturated rings. The molecule has 0 aromatic carbocycles. The quantitative estimate of drug-likeness (QED) is 0.517. The van der Waals surface area contributed by atoms with Crippen molar-refractivity contribution in [2.75, 3.05) is 5.75 Å². The summed E-state index contributed by atoms with van der Waals surface area (Å²) in [6, 6.07) is 1.93. The van der Waals surface area contributed by atoms with Crippen LogP contribution in [0.15, 0.2) is 34.3 Å². The third kappa shape index (κ3) is 3.09. The fourth-order valence-electron chi connectivity index (χ4n) is 2.33. The minimum absolute atomic E-state index is 0.848. The van der Waals surface area contributed by atoms with Crippen LogP contribution in [0, 0.1) is 6.92 Å². The SMILES string of the molecule is Cc1occc1-c1nnc(SCCCc2cnn(C)c2)n1C. The van der Waals surface area contributed by atoms with Crippen molar-refractivity contribution in [1.82, 2.24) is 24.5 Å². The van der Waals surface area contributed by atoms with Gasteiger partial charge in [0.15, 0.2) is 11.0 Å². The monoisotopic (exact) mass is 317 g/mol. The average molecular weight is 317 g/mol. The molecule has 0 saturated carbocycles. The van der Waals surface area contributed by atoms with Gasteiger partial charge in [-0.05, 0) is 31.4 Å². The van der Waals surface area contributed by atoms with Gasteiger partial charge in [0.05, 0.1) is 18.0 Å². The number of furan rings is 1. The Morgan fingerprint density at radius 1 is 1.27 bits per heavy atom. The lowest BCUT2D eigenvalue weighted by Crippen LogP contribution is -1.96. The van der Waals surface area contributed by atoms with Gasteiger partial charge < -0.3 is 8.98 Å². The molecule has 0 aliphatic heterocycles. The van der Waals surface area contributed by atoms with Crippen molar-refractivity contribution in [3.05, 3.63) is 36.0 Å². The van der Waals surface area contributed by atoms with Crippen molar-refractivity contribution < 1.29 is 4.42 Å². The van der Waals surface area contributed by atoms with Crippen molar-refractivity contribution in [2.45, 2.75) is 24.9 Å². The molecule has 0 aliphatic carbocycles. The zero-order chi connectivity index (χ0) is 15.5. The molecule has 3 heterocycles. The normalized spacial score (nSPS) is 11.2. The highest BCUT2D eigenvalue weighted by atomic mass is 32.2. The summed E-state index contributed by atoms with van der Waals surface area (Å²) < 4.78 is 9.20. The smallest absolute Gasteiger partial charge is 0.191 e. The van der Waals surface area contributed by atoms with Gasteiger partial charge in [0, 0.05) is 26.0 Å². The Morgan fingerprint density at radius 2 is 2.14 bits per heavy atom. The third-order valence-corrected chi connectivity index (χ3v) is 4.64. The molecular formula is C15H19N5OS. The zero-order valence-corrected chi connectivity index (χ0v) is 13.8. The van der Waals surface area contributed by atoms with Gasteiger partial charge in [0.25, 0.3) is 0 Å². The van der Waals surface area contributed by atoms with Crippen LogP contribution in [0.3, 0.4) is 0 Å². The number of aryl methyl sites for hydroxylation is 3. The Bertz CT molecular complexity index is 758. The van der Waals surface area contributed by atoms with Crippen molar-refractivity contribution in [2.24, 2.45) is 14.1 Å². The Hall–Kier alpha value is -2.02. The number of hydrogen-bond acceptors (Lipinski definition) is 5. The molecule has 3 rings (SSSR count). The topological polar surface area (TPSA) is 61.7 Å². The van der Waals surface area contributed by atoms with Crippen LogP contribution in [0.5, 0.6) is 0 Å². The summed E-state index contributed by atoms with van der Waals surface area (Å²) in [7, 11) is 3.93. The standard InChI is InChI=1S/C15H19N5OS/c1-11-13(6-7-21-11)14-17-18-15(20(14)3)22-8-4-5-12-9-16-19(2)10-12/h6-7,9-10H,4-5,8H2,1-3H3. The number of hydrogen-bond donors (Lipinski definition) is 0. The van der Waals surface area contributed by atoms with Crippen LogP contribution in [0.1, 0.15) is 17.7 Å². The molecule has 22 heavy (non-hydrogen) atoms. The van der Waals surface area contributed by atoms with Gasteiger partial charge >= 0.3 is 0 Å². The Labute approximate surface area is 133 Å². The van der Waals surface area contributed by atoms with E-state index in [9.17, 15) is 0 Å². The van der Waals surface area contributed by atoms with E-state index in [2.05, 4.69) is 21.5 Å². The molecule has 0 unspecified atom stereocenters. The molecule has 0 saturated heterocycles. The van der Waals surface area contributed by atoms with Gasteiger partial charge in [-0.25, -0.2) is 0 Å². The molecule has 116 valence electrons. The Morgan fingerprint density at radius 3 is 2.82 bits per heavy atom. The second kappa shape index (κ2) is 6.39. The van der Waals surface area contributed by atoms with E-state index in [4.69, 9.17) is 4.42 Å². The molecular weight excluding hydrogens is 298 g/mol. The maximum absolute atomic E-state index is 5.34. The molecule has 3 aromatic heterocycles. The second-order valence-corrected chi connectivity index (χ2v) is 6.29. The highest BCUT2D eigenvalue weighted by Gasteiger charge is 2.14. The van der Waals surface area contributed by atoms with Crippen molar-refractivity contribution in [3.8, 4) is 11.4 Å². The fraction of sp³-hybridized carbons (Fsp3) is 0.400. The predicted molar refractivity (Wildman–Crippen MR) is 85.7 cm³/mol. The first-order chi connectivity index (χ1) is 10.6. The molecule has 3 aromatic rings. The lowest BCUT2D eigenvalue weighted by Gasteiger charge is -2.03. The van der Waals surface area contributed by atoms with E-state index in [-0.39, 0.29) is 0 Å². The lowest BCUT2D eigenvalue weighted by atomic mass is 10.2. The zero-order valence-electron chi connectivity index (χ0n) is 13.0. The molecule has 0 spiro atoms. The largest absolute Gasteiger partial charge is 0.469 e. The van der Waals surface area contributed by atoms with Crippen LogP contribution in [0.2, 0.25) is 0 Å². The first kappa shape index (κ1) is 14.9. The van der Waals surface area contributed by atoms with Crippen molar-refractivity contribution >= 4 is 11.8 Å². The summed E-state index contributed by atoms with van der Waals surface area (Å²) in [6.07, 6.45) is 7.79. The van der Waals surface area contributed by atoms with E-state index in [1.165, 1.54) is 5.56 Å². The van der Waals surface area contributed by atoms with Crippen LogP contribution in [0.25, 0.3) is 11.4 Å². The predicted octanol–water partition coefficient (Wildman–Crippen LogP) is 2.84. The lowest BCUT2D eigenvalue weighted by molar-refractivity contribution is 0.534. The minimum Gasteiger partial charge on any atom is -0.469 e. The molecule has 0 N–H and O–H groups in total. The second-order valence-electron chi connectivity index (χ2n) is 5.23. The maximum atomic E-state index is 5.34. The average Bonchev–Trinajstić information content (AvgIpc) is 3.18. The third-order valence-electron chi connectivity index (χ3n) is 3.53. The molecule has 0 atom stereocenters. The van der Waals surface area contributed by atoms with Crippen LogP contribution < -0.4 is 0 Å². The number of nitrogens with zero attached hydrogens (tertiary/aromatic N) is 5. The summed E-state index contributed by atoms with van der Waals surface area (Å²) in [5.41, 5.74) is 2.27. The Balaban J connectivity index is 1.57. The summed E-state index contributed by atoms with van der Waals surface area (Å²) in [4.78, 5) is 0. The summed E-state index contributed by atoms with van der Waals surface area (Å²) >= 11 is 1.73. The summed E-state index contributed by atoms with van der Waals surface area (Å²) in [5, 5.41) is 13.7. The van der Waals surface area contributed by atoms with Crippen molar-refractivity contribution in [3.63, 3.8) is 0 Å². The first-order valence-electron chi connectivity index (χ1n) is 7.19. The van der Waals surface area contributed by atoms with E-state index in [1.54, 1.807) is 18.0 Å². The van der Waals surface area contributed by atoms with Gasteiger partial charge in [-0.1, -0.05) is 11.8 Å².